The molecule has 0 aromatic heterocycles. The topological polar surface area (TPSA) is 32.3 Å². The van der Waals surface area contributed by atoms with Crippen molar-refractivity contribution in [3.63, 3.8) is 0 Å². The molecule has 1 heterocycles. The van der Waals surface area contributed by atoms with Crippen LogP contribution in [0.4, 0.5) is 0 Å². The summed E-state index contributed by atoms with van der Waals surface area (Å²) in [4.78, 5) is 0.483. The molecule has 0 radical (unpaired) electrons. The third-order valence-corrected chi connectivity index (χ3v) is 2.64. The summed E-state index contributed by atoms with van der Waals surface area (Å²) in [6.45, 7) is -0.0419. The fourth-order valence-corrected chi connectivity index (χ4v) is 2.01. The van der Waals surface area contributed by atoms with Gasteiger partial charge in [-0.05, 0) is 0 Å². The Morgan fingerprint density at radius 1 is 1.78 bits per heavy atom. The zero-order valence-corrected chi connectivity index (χ0v) is 6.72. The van der Waals surface area contributed by atoms with Gasteiger partial charge in [0, 0.05) is 4.91 Å². The van der Waals surface area contributed by atoms with Crippen LogP contribution in [0.2, 0.25) is 0 Å². The van der Waals surface area contributed by atoms with Crippen LogP contribution >= 0.6 is 35.0 Å². The summed E-state index contributed by atoms with van der Waals surface area (Å²) in [5.74, 6) is 0. The summed E-state index contributed by atoms with van der Waals surface area (Å²) < 4.78 is 0. The lowest BCUT2D eigenvalue weighted by Crippen LogP contribution is -2.10. The van der Waals surface area contributed by atoms with Gasteiger partial charge in [0.1, 0.15) is 5.16 Å². The highest BCUT2D eigenvalue weighted by atomic mass is 35.5. The van der Waals surface area contributed by atoms with Gasteiger partial charge in [-0.1, -0.05) is 35.0 Å². The molecule has 0 saturated heterocycles. The van der Waals surface area contributed by atoms with Gasteiger partial charge in [-0.25, -0.2) is 0 Å². The fourth-order valence-electron chi connectivity index (χ4n) is 0.493. The Labute approximate surface area is 67.2 Å². The predicted octanol–water partition coefficient (Wildman–Crippen LogP) is 1.25. The van der Waals surface area contributed by atoms with Crippen LogP contribution in [0.15, 0.2) is 10.1 Å². The number of aliphatic hydroxyl groups excluding tert-OH is 1. The van der Waals surface area contributed by atoms with Crippen molar-refractivity contribution in [2.75, 3.05) is 6.61 Å². The van der Waals surface area contributed by atoms with E-state index in [4.69, 9.17) is 28.3 Å². The Bertz CT molecular complexity index is 150. The molecule has 1 rings (SSSR count). The number of halogens is 2. The van der Waals surface area contributed by atoms with Crippen molar-refractivity contribution < 1.29 is 5.11 Å². The lowest BCUT2D eigenvalue weighted by atomic mass is 10.6. The minimum atomic E-state index is -0.223. The summed E-state index contributed by atoms with van der Waals surface area (Å²) >= 11 is 12.5. The molecule has 0 aromatic carbocycles. The smallest absolute Gasteiger partial charge is 0.153 e. The Balaban J connectivity index is 2.58. The van der Waals surface area contributed by atoms with Crippen LogP contribution in [0.1, 0.15) is 0 Å². The van der Waals surface area contributed by atoms with E-state index in [0.717, 1.165) is 0 Å². The average Bonchev–Trinajstić information content (AvgIpc) is 2.10. The first-order valence-corrected chi connectivity index (χ1v) is 4.00. The quantitative estimate of drug-likeness (QED) is 0.477. The maximum Gasteiger partial charge on any atom is 0.153 e. The van der Waals surface area contributed by atoms with E-state index in [1.807, 2.05) is 0 Å². The van der Waals surface area contributed by atoms with Crippen LogP contribution in [0.3, 0.4) is 0 Å². The van der Waals surface area contributed by atoms with Crippen LogP contribution in [-0.4, -0.2) is 16.5 Å². The number of alkyl halides is 1. The highest BCUT2D eigenvalue weighted by molar-refractivity contribution is 8.05. The highest BCUT2D eigenvalue weighted by Gasteiger charge is 2.19. The number of nitrogens with one attached hydrogen (secondary N) is 1. The summed E-state index contributed by atoms with van der Waals surface area (Å²) in [5.41, 5.74) is 0. The van der Waals surface area contributed by atoms with E-state index in [1.165, 1.54) is 11.8 Å². The first-order valence-electron chi connectivity index (χ1n) is 2.31. The number of aliphatic hydroxyl groups is 1. The van der Waals surface area contributed by atoms with Crippen LogP contribution in [0, 0.1) is 0 Å². The molecule has 9 heavy (non-hydrogen) atoms. The molecule has 1 aliphatic heterocycles. The minimum Gasteiger partial charge on any atom is -0.391 e. The molecule has 2 N–H and O–H groups in total. The maximum atomic E-state index is 8.59. The Morgan fingerprint density at radius 3 is 2.67 bits per heavy atom. The van der Waals surface area contributed by atoms with Crippen LogP contribution in [-0.2, 0) is 0 Å². The van der Waals surface area contributed by atoms with E-state index in [1.54, 1.807) is 0 Å². The minimum absolute atomic E-state index is 0.0419. The molecule has 1 aliphatic rings. The predicted molar refractivity (Wildman–Crippen MR) is 40.3 cm³/mol. The maximum absolute atomic E-state index is 8.59. The van der Waals surface area contributed by atoms with Gasteiger partial charge in [0.2, 0.25) is 0 Å². The second kappa shape index (κ2) is 3.01. The second-order valence-electron chi connectivity index (χ2n) is 1.47. The van der Waals surface area contributed by atoms with Gasteiger partial charge in [0.25, 0.3) is 0 Å². The largest absolute Gasteiger partial charge is 0.391 e. The lowest BCUT2D eigenvalue weighted by molar-refractivity contribution is 0.339. The molecule has 5 heteroatoms. The first kappa shape index (κ1) is 7.54. The molecular formula is C4H5Cl2NOS. The summed E-state index contributed by atoms with van der Waals surface area (Å²) in [7, 11) is 0. The Kier molecular flexibility index (Phi) is 2.52. The van der Waals surface area contributed by atoms with E-state index in [2.05, 4.69) is 5.32 Å². The lowest BCUT2D eigenvalue weighted by Gasteiger charge is -1.96. The summed E-state index contributed by atoms with van der Waals surface area (Å²) in [6.07, 6.45) is 0. The van der Waals surface area contributed by atoms with Crippen molar-refractivity contribution in [3.8, 4) is 0 Å². The van der Waals surface area contributed by atoms with Gasteiger partial charge in [-0.2, -0.15) is 0 Å². The number of hydrogen-bond donors (Lipinski definition) is 2. The van der Waals surface area contributed by atoms with Crippen molar-refractivity contribution in [2.45, 2.75) is 4.83 Å². The molecule has 0 bridgehead atoms. The van der Waals surface area contributed by atoms with Crippen LogP contribution < -0.4 is 5.32 Å². The van der Waals surface area contributed by atoms with Crippen molar-refractivity contribution in [1.82, 2.24) is 5.32 Å². The van der Waals surface area contributed by atoms with E-state index in [9.17, 15) is 0 Å². The number of rotatable bonds is 1. The molecule has 0 saturated carbocycles. The van der Waals surface area contributed by atoms with Crippen molar-refractivity contribution in [2.24, 2.45) is 0 Å². The monoisotopic (exact) mass is 185 g/mol. The fraction of sp³-hybridized carbons (Fsp3) is 0.500. The van der Waals surface area contributed by atoms with E-state index in [0.29, 0.717) is 10.1 Å². The number of hydrogen-bond acceptors (Lipinski definition) is 3. The normalized spacial score (nSPS) is 26.8. The zero-order chi connectivity index (χ0) is 6.85. The molecular weight excluding hydrogens is 181 g/mol. The van der Waals surface area contributed by atoms with Gasteiger partial charge in [0.15, 0.2) is 4.83 Å². The Morgan fingerprint density at radius 2 is 2.44 bits per heavy atom. The summed E-state index contributed by atoms with van der Waals surface area (Å²) in [5, 5.41) is 11.8. The van der Waals surface area contributed by atoms with Gasteiger partial charge in [-0.3, -0.25) is 0 Å². The number of thioether (sulfide) groups is 1. The molecule has 0 unspecified atom stereocenters. The van der Waals surface area contributed by atoms with Gasteiger partial charge in [-0.15, -0.1) is 0 Å². The Hall–Kier alpha value is 0.430. The molecule has 0 fully saturated rings. The third-order valence-electron chi connectivity index (χ3n) is 0.874. The average molecular weight is 186 g/mol. The van der Waals surface area contributed by atoms with Gasteiger partial charge < -0.3 is 10.4 Å². The zero-order valence-electron chi connectivity index (χ0n) is 4.40. The van der Waals surface area contributed by atoms with Crippen molar-refractivity contribution in [1.29, 1.82) is 0 Å². The standard InChI is InChI=1S/C4H5Cl2NOS/c5-3-2(1-8)9-4(6)7-3/h4,7-8H,1H2/t4-/m0/s1. The highest BCUT2D eigenvalue weighted by Crippen LogP contribution is 2.33. The van der Waals surface area contributed by atoms with Crippen molar-refractivity contribution >= 4 is 35.0 Å². The molecule has 52 valence electrons. The summed E-state index contributed by atoms with van der Waals surface area (Å²) in [6, 6.07) is 0. The van der Waals surface area contributed by atoms with Crippen LogP contribution in [0.25, 0.3) is 0 Å². The van der Waals surface area contributed by atoms with Gasteiger partial charge in [0.05, 0.1) is 6.61 Å². The first-order chi connectivity index (χ1) is 4.24. The second-order valence-corrected chi connectivity index (χ2v) is 3.75. The molecule has 2 nitrogen and oxygen atoms in total. The molecule has 1 atom stereocenters. The van der Waals surface area contributed by atoms with E-state index < -0.39 is 0 Å². The van der Waals surface area contributed by atoms with Crippen LogP contribution in [0.5, 0.6) is 0 Å². The molecule has 0 spiro atoms. The third kappa shape index (κ3) is 1.67. The van der Waals surface area contributed by atoms with E-state index >= 15 is 0 Å². The molecule has 0 aliphatic carbocycles. The van der Waals surface area contributed by atoms with Crippen molar-refractivity contribution in [3.05, 3.63) is 10.1 Å². The molecule has 0 aromatic rings. The molecule has 0 amide bonds. The van der Waals surface area contributed by atoms with E-state index in [-0.39, 0.29) is 11.4 Å². The van der Waals surface area contributed by atoms with Gasteiger partial charge >= 0.3 is 0 Å². The SMILES string of the molecule is OCC1=C(Cl)N[C@H](Cl)S1.